The predicted octanol–water partition coefficient (Wildman–Crippen LogP) is 1.84. The number of carbonyl (C=O) groups excluding carboxylic acids is 1. The van der Waals surface area contributed by atoms with Crippen LogP contribution in [-0.4, -0.2) is 35.9 Å². The van der Waals surface area contributed by atoms with Crippen molar-refractivity contribution in [2.75, 3.05) is 20.0 Å². The zero-order chi connectivity index (χ0) is 12.3. The summed E-state index contributed by atoms with van der Waals surface area (Å²) in [6, 6.07) is 0. The largest absolute Gasteiger partial charge is 0.465 e. The van der Waals surface area contributed by atoms with Gasteiger partial charge in [0, 0.05) is 12.8 Å². The van der Waals surface area contributed by atoms with Crippen molar-refractivity contribution in [2.45, 2.75) is 24.1 Å². The number of nitrogens with zero attached hydrogens (tertiary/aromatic N) is 2. The summed E-state index contributed by atoms with van der Waals surface area (Å²) in [5.74, 6) is -0.414. The number of rotatable bonds is 3. The number of hydrogen-bond donors (Lipinski definition) is 0. The molecular formula is C11H14N2O3S. The van der Waals surface area contributed by atoms with Gasteiger partial charge < -0.3 is 9.47 Å². The fourth-order valence-corrected chi connectivity index (χ4v) is 2.13. The van der Waals surface area contributed by atoms with E-state index in [9.17, 15) is 4.79 Å². The lowest BCUT2D eigenvalue weighted by Gasteiger charge is -2.13. The molecule has 2 rings (SSSR count). The number of methoxy groups -OCH3 is 1. The minimum absolute atomic E-state index is 0.113. The molecule has 0 aliphatic carbocycles. The zero-order valence-corrected chi connectivity index (χ0v) is 10.6. The summed E-state index contributed by atoms with van der Waals surface area (Å²) in [6.07, 6.45) is 5.17. The van der Waals surface area contributed by atoms with E-state index in [0.29, 0.717) is 23.0 Å². The monoisotopic (exact) mass is 254 g/mol. The van der Waals surface area contributed by atoms with E-state index >= 15 is 0 Å². The predicted molar refractivity (Wildman–Crippen MR) is 63.1 cm³/mol. The number of aromatic nitrogens is 2. The Labute approximate surface area is 104 Å². The highest BCUT2D eigenvalue weighted by Crippen LogP contribution is 2.30. The van der Waals surface area contributed by atoms with Gasteiger partial charge in [0.2, 0.25) is 0 Å². The van der Waals surface area contributed by atoms with E-state index in [4.69, 9.17) is 9.47 Å². The Hall–Kier alpha value is -1.14. The number of ether oxygens (including phenoxy) is 2. The summed E-state index contributed by atoms with van der Waals surface area (Å²) in [5.41, 5.74) is 1.05. The van der Waals surface area contributed by atoms with Gasteiger partial charge in [0.05, 0.1) is 12.8 Å². The lowest BCUT2D eigenvalue weighted by molar-refractivity contribution is 0.0583. The second kappa shape index (κ2) is 5.46. The first kappa shape index (κ1) is 12.3. The Morgan fingerprint density at radius 1 is 1.65 bits per heavy atom. The van der Waals surface area contributed by atoms with Crippen molar-refractivity contribution >= 4 is 17.7 Å². The molecule has 1 fully saturated rings. The van der Waals surface area contributed by atoms with Crippen molar-refractivity contribution in [1.29, 1.82) is 0 Å². The maximum atomic E-state index is 11.6. The van der Waals surface area contributed by atoms with E-state index in [-0.39, 0.29) is 6.10 Å². The van der Waals surface area contributed by atoms with Gasteiger partial charge in [-0.1, -0.05) is 11.8 Å². The maximum Gasteiger partial charge on any atom is 0.341 e. The molecule has 1 aromatic rings. The number of thioether (sulfide) groups is 1. The lowest BCUT2D eigenvalue weighted by atomic mass is 10.1. The van der Waals surface area contributed by atoms with Crippen molar-refractivity contribution in [2.24, 2.45) is 0 Å². The molecule has 0 spiro atoms. The van der Waals surface area contributed by atoms with Gasteiger partial charge in [-0.15, -0.1) is 0 Å². The third-order valence-electron chi connectivity index (χ3n) is 2.62. The topological polar surface area (TPSA) is 61.3 Å². The van der Waals surface area contributed by atoms with Crippen LogP contribution in [0.3, 0.4) is 0 Å². The number of hydrogen-bond acceptors (Lipinski definition) is 6. The summed E-state index contributed by atoms with van der Waals surface area (Å²) in [7, 11) is 1.35. The van der Waals surface area contributed by atoms with Gasteiger partial charge in [0.1, 0.15) is 11.7 Å². The molecule has 1 aromatic heterocycles. The third kappa shape index (κ3) is 2.58. The van der Waals surface area contributed by atoms with Crippen LogP contribution in [0.15, 0.2) is 11.4 Å². The summed E-state index contributed by atoms with van der Waals surface area (Å²) in [5, 5.41) is 0.642. The summed E-state index contributed by atoms with van der Waals surface area (Å²) in [6.45, 7) is 0.712. The molecule has 1 saturated heterocycles. The molecular weight excluding hydrogens is 240 g/mol. The standard InChI is InChI=1S/C11H14N2O3S/c1-15-10(14)7-6-12-11(17-2)13-9(7)8-4-3-5-16-8/h6,8H,3-5H2,1-2H3/t8-/m1/s1. The van der Waals surface area contributed by atoms with Gasteiger partial charge in [0.25, 0.3) is 0 Å². The molecule has 2 heterocycles. The van der Waals surface area contributed by atoms with Gasteiger partial charge in [0.15, 0.2) is 5.16 Å². The van der Waals surface area contributed by atoms with E-state index in [1.165, 1.54) is 25.1 Å². The Kier molecular flexibility index (Phi) is 3.96. The van der Waals surface area contributed by atoms with Crippen molar-refractivity contribution in [1.82, 2.24) is 9.97 Å². The normalized spacial score (nSPS) is 19.3. The summed E-state index contributed by atoms with van der Waals surface area (Å²) in [4.78, 5) is 20.1. The van der Waals surface area contributed by atoms with Gasteiger partial charge in [-0.2, -0.15) is 0 Å². The highest BCUT2D eigenvalue weighted by atomic mass is 32.2. The molecule has 1 aliphatic rings. The van der Waals surface area contributed by atoms with Crippen LogP contribution in [-0.2, 0) is 9.47 Å². The molecule has 0 unspecified atom stereocenters. The van der Waals surface area contributed by atoms with E-state index in [0.717, 1.165) is 12.8 Å². The molecule has 6 heteroatoms. The number of carbonyl (C=O) groups is 1. The van der Waals surface area contributed by atoms with Gasteiger partial charge >= 0.3 is 5.97 Å². The van der Waals surface area contributed by atoms with E-state index in [2.05, 4.69) is 9.97 Å². The Balaban J connectivity index is 2.39. The van der Waals surface area contributed by atoms with Crippen LogP contribution >= 0.6 is 11.8 Å². The van der Waals surface area contributed by atoms with Crippen molar-refractivity contribution in [3.63, 3.8) is 0 Å². The second-order valence-corrected chi connectivity index (χ2v) is 4.42. The smallest absolute Gasteiger partial charge is 0.341 e. The van der Waals surface area contributed by atoms with Crippen LogP contribution in [0.2, 0.25) is 0 Å². The molecule has 17 heavy (non-hydrogen) atoms. The molecule has 0 saturated carbocycles. The number of esters is 1. The molecule has 0 N–H and O–H groups in total. The molecule has 1 aliphatic heterocycles. The van der Waals surface area contributed by atoms with Crippen LogP contribution in [0.5, 0.6) is 0 Å². The first-order valence-electron chi connectivity index (χ1n) is 5.37. The van der Waals surface area contributed by atoms with E-state index in [1.54, 1.807) is 0 Å². The van der Waals surface area contributed by atoms with Gasteiger partial charge in [-0.05, 0) is 19.1 Å². The van der Waals surface area contributed by atoms with Crippen molar-refractivity contribution in [3.05, 3.63) is 17.5 Å². The van der Waals surface area contributed by atoms with E-state index in [1.807, 2.05) is 6.26 Å². The molecule has 92 valence electrons. The second-order valence-electron chi connectivity index (χ2n) is 3.65. The maximum absolute atomic E-state index is 11.6. The molecule has 1 atom stereocenters. The minimum Gasteiger partial charge on any atom is -0.465 e. The molecule has 5 nitrogen and oxygen atoms in total. The first-order chi connectivity index (χ1) is 8.26. The van der Waals surface area contributed by atoms with Gasteiger partial charge in [-0.3, -0.25) is 0 Å². The van der Waals surface area contributed by atoms with Crippen LogP contribution in [0.25, 0.3) is 0 Å². The van der Waals surface area contributed by atoms with Crippen LogP contribution in [0.4, 0.5) is 0 Å². The Morgan fingerprint density at radius 3 is 3.06 bits per heavy atom. The summed E-state index contributed by atoms with van der Waals surface area (Å²) < 4.78 is 10.3. The highest BCUT2D eigenvalue weighted by molar-refractivity contribution is 7.98. The quantitative estimate of drug-likeness (QED) is 0.466. The average molecular weight is 254 g/mol. The van der Waals surface area contributed by atoms with Crippen LogP contribution in [0.1, 0.15) is 35.0 Å². The Morgan fingerprint density at radius 2 is 2.47 bits per heavy atom. The Bertz CT molecular complexity index is 419. The molecule has 0 aromatic carbocycles. The lowest BCUT2D eigenvalue weighted by Crippen LogP contribution is -2.12. The van der Waals surface area contributed by atoms with Crippen LogP contribution < -0.4 is 0 Å². The molecule has 0 bridgehead atoms. The van der Waals surface area contributed by atoms with Crippen molar-refractivity contribution < 1.29 is 14.3 Å². The average Bonchev–Trinajstić information content (AvgIpc) is 2.91. The third-order valence-corrected chi connectivity index (χ3v) is 3.18. The van der Waals surface area contributed by atoms with Crippen LogP contribution in [0, 0.1) is 0 Å². The summed E-state index contributed by atoms with van der Waals surface area (Å²) >= 11 is 1.44. The molecule has 0 radical (unpaired) electrons. The van der Waals surface area contributed by atoms with Gasteiger partial charge in [-0.25, -0.2) is 14.8 Å². The fraction of sp³-hybridized carbons (Fsp3) is 0.545. The SMILES string of the molecule is COC(=O)c1cnc(SC)nc1[C@H]1CCCO1. The van der Waals surface area contributed by atoms with E-state index < -0.39 is 5.97 Å². The molecule has 0 amide bonds. The zero-order valence-electron chi connectivity index (χ0n) is 9.80. The first-order valence-corrected chi connectivity index (χ1v) is 6.59. The highest BCUT2D eigenvalue weighted by Gasteiger charge is 2.26. The fourth-order valence-electron chi connectivity index (χ4n) is 1.78. The minimum atomic E-state index is -0.414. The van der Waals surface area contributed by atoms with Crippen molar-refractivity contribution in [3.8, 4) is 0 Å².